The number of nitrogens with zero attached hydrogens (tertiary/aromatic N) is 3. The molecule has 7 nitrogen and oxygen atoms in total. The third-order valence-electron chi connectivity index (χ3n) is 4.20. The van der Waals surface area contributed by atoms with E-state index in [1.807, 2.05) is 4.90 Å². The maximum atomic E-state index is 12.6. The maximum absolute atomic E-state index is 12.6. The van der Waals surface area contributed by atoms with Crippen LogP contribution in [0.4, 0.5) is 5.82 Å². The lowest BCUT2D eigenvalue weighted by Gasteiger charge is -2.37. The van der Waals surface area contributed by atoms with Crippen molar-refractivity contribution in [2.75, 3.05) is 38.2 Å². The second-order valence-electron chi connectivity index (χ2n) is 6.46. The van der Waals surface area contributed by atoms with Crippen molar-refractivity contribution in [1.82, 2.24) is 14.9 Å². The summed E-state index contributed by atoms with van der Waals surface area (Å²) in [4.78, 5) is 22.7. The Bertz CT molecular complexity index is 548. The average Bonchev–Trinajstić information content (AvgIpc) is 3.01. The molecule has 0 bridgehead atoms. The number of aromatic nitrogens is 2. The number of anilines is 1. The molecule has 1 N–H and O–H groups in total. The molecule has 23 heavy (non-hydrogen) atoms. The van der Waals surface area contributed by atoms with Crippen LogP contribution in [-0.2, 0) is 9.47 Å². The van der Waals surface area contributed by atoms with Crippen LogP contribution in [-0.4, -0.2) is 59.4 Å². The fraction of sp³-hybridized carbons (Fsp3) is 0.688. The highest BCUT2D eigenvalue weighted by molar-refractivity contribution is 5.93. The van der Waals surface area contributed by atoms with Gasteiger partial charge in [0.25, 0.3) is 5.91 Å². The monoisotopic (exact) mass is 320 g/mol. The summed E-state index contributed by atoms with van der Waals surface area (Å²) in [5.74, 6) is 0.668. The molecule has 126 valence electrons. The molecule has 7 heteroatoms. The molecule has 0 atom stereocenters. The van der Waals surface area contributed by atoms with Crippen molar-refractivity contribution in [2.24, 2.45) is 5.92 Å². The van der Waals surface area contributed by atoms with Crippen molar-refractivity contribution in [2.45, 2.75) is 32.5 Å². The van der Waals surface area contributed by atoms with Crippen molar-refractivity contribution in [3.63, 3.8) is 0 Å². The Morgan fingerprint density at radius 2 is 2.00 bits per heavy atom. The standard InChI is InChI=1S/C16H24N4O3/c1-12(2)10-17-14-9-13(18-11-19-14)15(21)20-5-3-16(4-6-20)22-7-8-23-16/h9,11-12H,3-8,10H2,1-2H3,(H,17,18,19). The summed E-state index contributed by atoms with van der Waals surface area (Å²) in [5.41, 5.74) is 0.426. The zero-order valence-electron chi connectivity index (χ0n) is 13.7. The molecule has 1 aromatic heterocycles. The number of piperidine rings is 1. The SMILES string of the molecule is CC(C)CNc1cc(C(=O)N2CCC3(CC2)OCCO3)ncn1. The first-order valence-corrected chi connectivity index (χ1v) is 8.21. The Morgan fingerprint density at radius 3 is 2.65 bits per heavy atom. The number of hydrogen-bond acceptors (Lipinski definition) is 6. The smallest absolute Gasteiger partial charge is 0.272 e. The molecular weight excluding hydrogens is 296 g/mol. The van der Waals surface area contributed by atoms with Gasteiger partial charge in [0, 0.05) is 38.5 Å². The fourth-order valence-corrected chi connectivity index (χ4v) is 2.88. The van der Waals surface area contributed by atoms with E-state index in [0.717, 1.165) is 6.54 Å². The fourth-order valence-electron chi connectivity index (χ4n) is 2.88. The quantitative estimate of drug-likeness (QED) is 0.906. The van der Waals surface area contributed by atoms with Gasteiger partial charge in [-0.15, -0.1) is 0 Å². The summed E-state index contributed by atoms with van der Waals surface area (Å²) in [5, 5.41) is 3.22. The zero-order chi connectivity index (χ0) is 16.3. The van der Waals surface area contributed by atoms with Crippen LogP contribution in [0.3, 0.4) is 0 Å². The van der Waals surface area contributed by atoms with Crippen LogP contribution < -0.4 is 5.32 Å². The lowest BCUT2D eigenvalue weighted by molar-refractivity contribution is -0.181. The van der Waals surface area contributed by atoms with Crippen LogP contribution in [0, 0.1) is 5.92 Å². The molecule has 0 unspecified atom stereocenters. The highest BCUT2D eigenvalue weighted by Crippen LogP contribution is 2.31. The van der Waals surface area contributed by atoms with Gasteiger partial charge in [0.1, 0.15) is 17.8 Å². The van der Waals surface area contributed by atoms with Crippen molar-refractivity contribution in [3.8, 4) is 0 Å². The molecule has 2 aliphatic rings. The molecule has 0 aromatic carbocycles. The largest absolute Gasteiger partial charge is 0.370 e. The average molecular weight is 320 g/mol. The topological polar surface area (TPSA) is 76.6 Å². The van der Waals surface area contributed by atoms with Gasteiger partial charge in [-0.05, 0) is 5.92 Å². The zero-order valence-corrected chi connectivity index (χ0v) is 13.7. The minimum absolute atomic E-state index is 0.0622. The summed E-state index contributed by atoms with van der Waals surface area (Å²) >= 11 is 0. The van der Waals surface area contributed by atoms with Crippen LogP contribution in [0.25, 0.3) is 0 Å². The number of nitrogens with one attached hydrogen (secondary N) is 1. The van der Waals surface area contributed by atoms with Gasteiger partial charge in [-0.3, -0.25) is 4.79 Å². The van der Waals surface area contributed by atoms with E-state index < -0.39 is 5.79 Å². The lowest BCUT2D eigenvalue weighted by Crippen LogP contribution is -2.47. The van der Waals surface area contributed by atoms with E-state index in [0.29, 0.717) is 56.6 Å². The Kier molecular flexibility index (Phi) is 4.77. The molecule has 0 aliphatic carbocycles. The summed E-state index contributed by atoms with van der Waals surface area (Å²) in [6, 6.07) is 1.72. The van der Waals surface area contributed by atoms with Crippen molar-refractivity contribution in [1.29, 1.82) is 0 Å². The normalized spacial score (nSPS) is 20.2. The molecule has 1 aromatic rings. The molecule has 3 heterocycles. The Labute approximate surface area is 136 Å². The lowest BCUT2D eigenvalue weighted by atomic mass is 10.0. The minimum Gasteiger partial charge on any atom is -0.370 e. The van der Waals surface area contributed by atoms with Crippen molar-refractivity contribution < 1.29 is 14.3 Å². The van der Waals surface area contributed by atoms with Crippen LogP contribution in [0.1, 0.15) is 37.2 Å². The van der Waals surface area contributed by atoms with Gasteiger partial charge in [-0.2, -0.15) is 0 Å². The molecular formula is C16H24N4O3. The number of ether oxygens (including phenoxy) is 2. The first-order chi connectivity index (χ1) is 11.1. The van der Waals surface area contributed by atoms with E-state index in [-0.39, 0.29) is 5.91 Å². The maximum Gasteiger partial charge on any atom is 0.272 e. The number of amides is 1. The van der Waals surface area contributed by atoms with Crippen molar-refractivity contribution in [3.05, 3.63) is 18.1 Å². The molecule has 2 fully saturated rings. The van der Waals surface area contributed by atoms with Gasteiger partial charge in [-0.1, -0.05) is 13.8 Å². The molecule has 0 radical (unpaired) electrons. The van der Waals surface area contributed by atoms with E-state index in [1.54, 1.807) is 6.07 Å². The van der Waals surface area contributed by atoms with Gasteiger partial charge in [0.15, 0.2) is 5.79 Å². The van der Waals surface area contributed by atoms with Gasteiger partial charge >= 0.3 is 0 Å². The van der Waals surface area contributed by atoms with Gasteiger partial charge in [0.05, 0.1) is 13.2 Å². The van der Waals surface area contributed by atoms with Crippen LogP contribution >= 0.6 is 0 Å². The number of carbonyl (C=O) groups excluding carboxylic acids is 1. The summed E-state index contributed by atoms with van der Waals surface area (Å²) in [6.45, 7) is 7.59. The summed E-state index contributed by atoms with van der Waals surface area (Å²) in [7, 11) is 0. The van der Waals surface area contributed by atoms with E-state index in [4.69, 9.17) is 9.47 Å². The third-order valence-corrected chi connectivity index (χ3v) is 4.20. The highest BCUT2D eigenvalue weighted by atomic mass is 16.7. The highest BCUT2D eigenvalue weighted by Gasteiger charge is 2.41. The van der Waals surface area contributed by atoms with Gasteiger partial charge in [0.2, 0.25) is 0 Å². The Hall–Kier alpha value is -1.73. The second-order valence-corrected chi connectivity index (χ2v) is 6.46. The first kappa shape index (κ1) is 16.1. The minimum atomic E-state index is -0.466. The van der Waals surface area contributed by atoms with Crippen LogP contribution in [0.5, 0.6) is 0 Å². The van der Waals surface area contributed by atoms with E-state index in [1.165, 1.54) is 6.33 Å². The van der Waals surface area contributed by atoms with Crippen LogP contribution in [0.2, 0.25) is 0 Å². The summed E-state index contributed by atoms with van der Waals surface area (Å²) in [6.07, 6.45) is 2.86. The number of carbonyl (C=O) groups is 1. The van der Waals surface area contributed by atoms with E-state index >= 15 is 0 Å². The van der Waals surface area contributed by atoms with Crippen molar-refractivity contribution >= 4 is 11.7 Å². The molecule has 0 saturated carbocycles. The predicted molar refractivity (Wildman–Crippen MR) is 85.1 cm³/mol. The van der Waals surface area contributed by atoms with E-state index in [2.05, 4.69) is 29.1 Å². The molecule has 3 rings (SSSR count). The van der Waals surface area contributed by atoms with Gasteiger partial charge in [-0.25, -0.2) is 9.97 Å². The Morgan fingerprint density at radius 1 is 1.30 bits per heavy atom. The van der Waals surface area contributed by atoms with E-state index in [9.17, 15) is 4.79 Å². The second kappa shape index (κ2) is 6.80. The number of likely N-dealkylation sites (tertiary alicyclic amines) is 1. The molecule has 2 aliphatic heterocycles. The number of rotatable bonds is 4. The molecule has 1 spiro atoms. The number of hydrogen-bond donors (Lipinski definition) is 1. The van der Waals surface area contributed by atoms with Gasteiger partial charge < -0.3 is 19.7 Å². The Balaban J connectivity index is 1.61. The third kappa shape index (κ3) is 3.79. The predicted octanol–water partition coefficient (Wildman–Crippen LogP) is 1.52. The summed E-state index contributed by atoms with van der Waals surface area (Å²) < 4.78 is 11.4. The van der Waals surface area contributed by atoms with Crippen LogP contribution in [0.15, 0.2) is 12.4 Å². The molecule has 2 saturated heterocycles. The first-order valence-electron chi connectivity index (χ1n) is 8.21. The molecule has 1 amide bonds.